The fourth-order valence-electron chi connectivity index (χ4n) is 0.630. The Morgan fingerprint density at radius 1 is 1.58 bits per heavy atom. The lowest BCUT2D eigenvalue weighted by Gasteiger charge is -2.14. The average Bonchev–Trinajstić information content (AvgIpc) is 2.03. The average molecular weight is 197 g/mol. The second kappa shape index (κ2) is 5.44. The number of ether oxygens (including phenoxy) is 1. The van der Waals surface area contributed by atoms with Crippen molar-refractivity contribution >= 4 is 10.2 Å². The van der Waals surface area contributed by atoms with Gasteiger partial charge in [-0.15, -0.1) is 0 Å². The Labute approximate surface area is 72.6 Å². The smallest absolute Gasteiger partial charge is 0.277 e. The predicted molar refractivity (Wildman–Crippen MR) is 45.8 cm³/mol. The quantitative estimate of drug-likeness (QED) is 0.460. The molecular formula is C5H15N3O3S. The molecule has 0 aromatic carbocycles. The Hall–Kier alpha value is -0.210. The molecule has 0 fully saturated rings. The molecule has 6 nitrogen and oxygen atoms in total. The van der Waals surface area contributed by atoms with Gasteiger partial charge in [-0.05, 0) is 0 Å². The van der Waals surface area contributed by atoms with Gasteiger partial charge < -0.3 is 10.5 Å². The van der Waals surface area contributed by atoms with E-state index in [1.165, 1.54) is 14.2 Å². The summed E-state index contributed by atoms with van der Waals surface area (Å²) in [6, 6.07) is -0.382. The van der Waals surface area contributed by atoms with Gasteiger partial charge in [0.1, 0.15) is 0 Å². The fourth-order valence-corrected chi connectivity index (χ4v) is 1.35. The molecule has 0 aromatic heterocycles. The Balaban J connectivity index is 4.02. The topological polar surface area (TPSA) is 93.5 Å². The lowest BCUT2D eigenvalue weighted by atomic mass is 10.3. The molecule has 0 radical (unpaired) electrons. The van der Waals surface area contributed by atoms with Crippen LogP contribution in [0.15, 0.2) is 0 Å². The number of nitrogens with two attached hydrogens (primary N) is 1. The van der Waals surface area contributed by atoms with E-state index in [1.54, 1.807) is 0 Å². The standard InChI is InChI=1S/C5H15N3O3S/c1-7-12(9,10)8-5(3-6)4-11-2/h5,7-8H,3-4,6H2,1-2H3. The highest BCUT2D eigenvalue weighted by atomic mass is 32.2. The van der Waals surface area contributed by atoms with Crippen LogP contribution in [0.5, 0.6) is 0 Å². The van der Waals surface area contributed by atoms with Gasteiger partial charge >= 0.3 is 0 Å². The molecule has 12 heavy (non-hydrogen) atoms. The third-order valence-electron chi connectivity index (χ3n) is 1.24. The number of rotatable bonds is 6. The van der Waals surface area contributed by atoms with Crippen LogP contribution in [0.4, 0.5) is 0 Å². The minimum Gasteiger partial charge on any atom is -0.383 e. The maximum absolute atomic E-state index is 10.9. The van der Waals surface area contributed by atoms with Crippen LogP contribution in [0, 0.1) is 0 Å². The highest BCUT2D eigenvalue weighted by molar-refractivity contribution is 7.87. The Morgan fingerprint density at radius 3 is 2.50 bits per heavy atom. The zero-order chi connectivity index (χ0) is 9.61. The van der Waals surface area contributed by atoms with Crippen LogP contribution in [0.2, 0.25) is 0 Å². The van der Waals surface area contributed by atoms with E-state index in [0.29, 0.717) is 0 Å². The Kier molecular flexibility index (Phi) is 5.34. The molecule has 0 rings (SSSR count). The normalized spacial score (nSPS) is 14.6. The van der Waals surface area contributed by atoms with Gasteiger partial charge in [0.15, 0.2) is 0 Å². The second-order valence-electron chi connectivity index (χ2n) is 2.21. The van der Waals surface area contributed by atoms with Crippen molar-refractivity contribution in [1.82, 2.24) is 9.44 Å². The molecule has 0 amide bonds. The number of hydrogen-bond acceptors (Lipinski definition) is 4. The van der Waals surface area contributed by atoms with Crippen molar-refractivity contribution in [3.8, 4) is 0 Å². The third kappa shape index (κ3) is 4.62. The Morgan fingerprint density at radius 2 is 2.17 bits per heavy atom. The highest BCUT2D eigenvalue weighted by Gasteiger charge is 2.13. The predicted octanol–water partition coefficient (Wildman–Crippen LogP) is -1.99. The van der Waals surface area contributed by atoms with E-state index in [1.807, 2.05) is 0 Å². The van der Waals surface area contributed by atoms with Gasteiger partial charge in [-0.1, -0.05) is 0 Å². The number of nitrogens with one attached hydrogen (secondary N) is 2. The zero-order valence-corrected chi connectivity index (χ0v) is 8.02. The largest absolute Gasteiger partial charge is 0.383 e. The summed E-state index contributed by atoms with van der Waals surface area (Å²) in [7, 11) is -0.608. The first kappa shape index (κ1) is 11.8. The molecule has 0 bridgehead atoms. The summed E-state index contributed by atoms with van der Waals surface area (Å²) in [5, 5.41) is 0. The molecule has 0 heterocycles. The molecule has 1 atom stereocenters. The van der Waals surface area contributed by atoms with Crippen LogP contribution in [-0.4, -0.2) is 41.8 Å². The van der Waals surface area contributed by atoms with E-state index in [0.717, 1.165) is 0 Å². The van der Waals surface area contributed by atoms with Crippen LogP contribution in [-0.2, 0) is 14.9 Å². The molecular weight excluding hydrogens is 182 g/mol. The van der Waals surface area contributed by atoms with E-state index in [2.05, 4.69) is 9.44 Å². The van der Waals surface area contributed by atoms with Crippen molar-refractivity contribution in [3.05, 3.63) is 0 Å². The van der Waals surface area contributed by atoms with Crippen molar-refractivity contribution in [2.75, 3.05) is 27.3 Å². The summed E-state index contributed by atoms with van der Waals surface area (Å²) >= 11 is 0. The Bertz CT molecular complexity index is 204. The molecule has 4 N–H and O–H groups in total. The van der Waals surface area contributed by atoms with E-state index < -0.39 is 10.2 Å². The van der Waals surface area contributed by atoms with Crippen LogP contribution >= 0.6 is 0 Å². The molecule has 0 aliphatic heterocycles. The second-order valence-corrected chi connectivity index (χ2v) is 3.86. The van der Waals surface area contributed by atoms with Gasteiger partial charge in [-0.2, -0.15) is 13.1 Å². The van der Waals surface area contributed by atoms with E-state index in [9.17, 15) is 8.42 Å². The van der Waals surface area contributed by atoms with Gasteiger partial charge in [0, 0.05) is 20.7 Å². The van der Waals surface area contributed by atoms with Crippen molar-refractivity contribution in [1.29, 1.82) is 0 Å². The van der Waals surface area contributed by atoms with Crippen LogP contribution < -0.4 is 15.2 Å². The molecule has 0 aliphatic carbocycles. The van der Waals surface area contributed by atoms with Gasteiger partial charge in [0.05, 0.1) is 12.6 Å². The SMILES string of the molecule is CNS(=O)(=O)NC(CN)COC. The molecule has 74 valence electrons. The summed E-state index contributed by atoms with van der Waals surface area (Å²) in [6.07, 6.45) is 0. The maximum atomic E-state index is 10.9. The van der Waals surface area contributed by atoms with Gasteiger partial charge in [-0.25, -0.2) is 4.72 Å². The molecule has 0 spiro atoms. The first-order chi connectivity index (χ1) is 5.55. The molecule has 7 heteroatoms. The van der Waals surface area contributed by atoms with Gasteiger partial charge in [-0.3, -0.25) is 0 Å². The molecule has 0 saturated heterocycles. The first-order valence-corrected chi connectivity index (χ1v) is 4.94. The van der Waals surface area contributed by atoms with Crippen molar-refractivity contribution in [2.24, 2.45) is 5.73 Å². The zero-order valence-electron chi connectivity index (χ0n) is 7.20. The van der Waals surface area contributed by atoms with Crippen LogP contribution in [0.25, 0.3) is 0 Å². The molecule has 1 unspecified atom stereocenters. The van der Waals surface area contributed by atoms with E-state index >= 15 is 0 Å². The van der Waals surface area contributed by atoms with E-state index in [4.69, 9.17) is 10.5 Å². The third-order valence-corrected chi connectivity index (χ3v) is 2.42. The fraction of sp³-hybridized carbons (Fsp3) is 1.00. The summed E-state index contributed by atoms with van der Waals surface area (Å²) in [4.78, 5) is 0. The molecule has 0 aliphatic rings. The minimum absolute atomic E-state index is 0.203. The van der Waals surface area contributed by atoms with Crippen LogP contribution in [0.3, 0.4) is 0 Å². The van der Waals surface area contributed by atoms with Gasteiger partial charge in [0.2, 0.25) is 0 Å². The summed E-state index contributed by atoms with van der Waals surface area (Å²) < 4.78 is 31.0. The maximum Gasteiger partial charge on any atom is 0.277 e. The van der Waals surface area contributed by atoms with Crippen LogP contribution in [0.1, 0.15) is 0 Å². The lowest BCUT2D eigenvalue weighted by molar-refractivity contribution is 0.176. The summed E-state index contributed by atoms with van der Waals surface area (Å²) in [5.41, 5.74) is 5.29. The minimum atomic E-state index is -3.41. The highest BCUT2D eigenvalue weighted by Crippen LogP contribution is 1.84. The number of methoxy groups -OCH3 is 1. The van der Waals surface area contributed by atoms with Crippen molar-refractivity contribution < 1.29 is 13.2 Å². The number of hydrogen-bond donors (Lipinski definition) is 3. The monoisotopic (exact) mass is 197 g/mol. The first-order valence-electron chi connectivity index (χ1n) is 3.45. The van der Waals surface area contributed by atoms with E-state index in [-0.39, 0.29) is 19.2 Å². The van der Waals surface area contributed by atoms with Gasteiger partial charge in [0.25, 0.3) is 10.2 Å². The summed E-state index contributed by atoms with van der Waals surface area (Å²) in [5.74, 6) is 0. The molecule has 0 aromatic rings. The lowest BCUT2D eigenvalue weighted by Crippen LogP contribution is -2.47. The molecule has 0 saturated carbocycles. The summed E-state index contributed by atoms with van der Waals surface area (Å²) in [6.45, 7) is 0.464. The van der Waals surface area contributed by atoms with Crippen molar-refractivity contribution in [2.45, 2.75) is 6.04 Å². The van der Waals surface area contributed by atoms with Crippen molar-refractivity contribution in [3.63, 3.8) is 0 Å².